The van der Waals surface area contributed by atoms with Gasteiger partial charge in [-0.15, -0.1) is 0 Å². The molecule has 11 nitrogen and oxygen atoms in total. The Morgan fingerprint density at radius 1 is 0.727 bits per heavy atom. The second kappa shape index (κ2) is 8.77. The van der Waals surface area contributed by atoms with E-state index < -0.39 is 51.1 Å². The molecule has 0 amide bonds. The highest BCUT2D eigenvalue weighted by atomic mass is 35.5. The van der Waals surface area contributed by atoms with Crippen molar-refractivity contribution in [3.05, 3.63) is 97.5 Å². The van der Waals surface area contributed by atoms with Crippen LogP contribution in [0.2, 0.25) is 5.02 Å². The Labute approximate surface area is 193 Å². The molecule has 0 saturated carbocycles. The van der Waals surface area contributed by atoms with Gasteiger partial charge in [-0.1, -0.05) is 17.7 Å². The summed E-state index contributed by atoms with van der Waals surface area (Å²) in [7, 11) is -9.68. The number of hydrogen-bond acceptors (Lipinski definition) is 8. The molecule has 14 heteroatoms. The molecule has 3 aromatic rings. The number of anilines is 1. The van der Waals surface area contributed by atoms with Gasteiger partial charge in [0, 0.05) is 29.3 Å². The molecule has 0 spiro atoms. The van der Waals surface area contributed by atoms with Crippen LogP contribution in [0.5, 0.6) is 0 Å². The quantitative estimate of drug-likeness (QED) is 0.339. The van der Waals surface area contributed by atoms with E-state index in [4.69, 9.17) is 11.6 Å². The van der Waals surface area contributed by atoms with Crippen molar-refractivity contribution < 1.29 is 26.7 Å². The normalized spacial score (nSPS) is 11.7. The smallest absolute Gasteiger partial charge is 0.258 e. The number of nitrogens with zero attached hydrogens (tertiary/aromatic N) is 3. The van der Waals surface area contributed by atoms with Crippen molar-refractivity contribution in [2.45, 2.75) is 16.7 Å². The molecule has 0 bridgehead atoms. The molecule has 0 aliphatic carbocycles. The molecule has 0 aliphatic rings. The number of sulfonamides is 2. The number of hydrogen-bond donors (Lipinski definition) is 0. The molecular formula is C19H14ClN3O8S2. The summed E-state index contributed by atoms with van der Waals surface area (Å²) >= 11 is 6.00. The Bertz CT molecular complexity index is 1370. The van der Waals surface area contributed by atoms with Crippen LogP contribution in [0.1, 0.15) is 5.56 Å². The molecule has 0 radical (unpaired) electrons. The van der Waals surface area contributed by atoms with E-state index in [2.05, 4.69) is 0 Å². The van der Waals surface area contributed by atoms with Crippen LogP contribution < -0.4 is 3.71 Å². The van der Waals surface area contributed by atoms with Gasteiger partial charge in [-0.25, -0.2) is 16.8 Å². The van der Waals surface area contributed by atoms with Crippen molar-refractivity contribution in [2.24, 2.45) is 0 Å². The molecule has 0 N–H and O–H groups in total. The summed E-state index contributed by atoms with van der Waals surface area (Å²) in [5, 5.41) is 21.9. The van der Waals surface area contributed by atoms with Crippen LogP contribution in [0.4, 0.5) is 17.1 Å². The van der Waals surface area contributed by atoms with E-state index in [0.29, 0.717) is 0 Å². The molecular weight excluding hydrogens is 498 g/mol. The fourth-order valence-electron chi connectivity index (χ4n) is 2.84. The lowest BCUT2D eigenvalue weighted by Crippen LogP contribution is -2.37. The number of non-ortho nitro benzene ring substituents is 2. The Balaban J connectivity index is 2.27. The predicted octanol–water partition coefficient (Wildman–Crippen LogP) is 4.05. The fourth-order valence-corrected chi connectivity index (χ4v) is 6.81. The summed E-state index contributed by atoms with van der Waals surface area (Å²) in [5.74, 6) is 0. The Hall–Kier alpha value is -3.55. The number of halogens is 1. The van der Waals surface area contributed by atoms with Gasteiger partial charge in [0.05, 0.1) is 25.3 Å². The van der Waals surface area contributed by atoms with Crippen molar-refractivity contribution in [2.75, 3.05) is 3.71 Å². The predicted molar refractivity (Wildman–Crippen MR) is 119 cm³/mol. The number of rotatable bonds is 7. The van der Waals surface area contributed by atoms with Crippen molar-refractivity contribution >= 4 is 48.7 Å². The largest absolute Gasteiger partial charge is 0.277 e. The number of aryl methyl sites for hydroxylation is 1. The van der Waals surface area contributed by atoms with Gasteiger partial charge < -0.3 is 0 Å². The standard InChI is InChI=1S/C19H14ClN3O8S2/c1-13-2-3-14(20)12-19(13)23(32(28,29)17-8-4-15(5-9-17)21(24)25)33(30,31)18-10-6-16(7-11-18)22(26)27/h2-12H,1H3. The SMILES string of the molecule is Cc1ccc(Cl)cc1N(S(=O)(=O)c1ccc([N+](=O)[O-])cc1)S(=O)(=O)c1ccc([N+](=O)[O-])cc1. The second-order valence-corrected chi connectivity index (χ2v) is 10.9. The van der Waals surface area contributed by atoms with Crippen molar-refractivity contribution in [1.29, 1.82) is 0 Å². The zero-order valence-corrected chi connectivity index (χ0v) is 19.0. The van der Waals surface area contributed by atoms with E-state index in [-0.39, 0.29) is 20.0 Å². The molecule has 0 fully saturated rings. The lowest BCUT2D eigenvalue weighted by atomic mass is 10.2. The van der Waals surface area contributed by atoms with Crippen molar-refractivity contribution in [1.82, 2.24) is 0 Å². The number of nitro benzene ring substituents is 2. The minimum absolute atomic E-state index is 0.0541. The maximum absolute atomic E-state index is 13.5. The lowest BCUT2D eigenvalue weighted by molar-refractivity contribution is -0.385. The van der Waals surface area contributed by atoms with Gasteiger partial charge in [-0.05, 0) is 48.9 Å². The second-order valence-electron chi connectivity index (χ2n) is 6.64. The summed E-state index contributed by atoms with van der Waals surface area (Å²) < 4.78 is 54.1. The topological polar surface area (TPSA) is 158 Å². The minimum atomic E-state index is -4.84. The van der Waals surface area contributed by atoms with E-state index in [9.17, 15) is 37.1 Å². The molecule has 0 aliphatic heterocycles. The van der Waals surface area contributed by atoms with E-state index in [0.717, 1.165) is 54.6 Å². The molecule has 33 heavy (non-hydrogen) atoms. The van der Waals surface area contributed by atoms with Crippen LogP contribution in [0.25, 0.3) is 0 Å². The third kappa shape index (κ3) is 4.65. The van der Waals surface area contributed by atoms with Crippen LogP contribution >= 0.6 is 11.6 Å². The summed E-state index contributed by atoms with van der Waals surface area (Å²) in [5.41, 5.74) is -0.815. The molecule has 3 rings (SSSR count). The number of nitro groups is 2. The molecule has 0 saturated heterocycles. The summed E-state index contributed by atoms with van der Waals surface area (Å²) in [6.07, 6.45) is 0. The van der Waals surface area contributed by atoms with E-state index >= 15 is 0 Å². The first kappa shape index (κ1) is 24.1. The zero-order chi connectivity index (χ0) is 24.6. The number of benzene rings is 3. The molecule has 0 atom stereocenters. The molecule has 0 aromatic heterocycles. The van der Waals surface area contributed by atoms with E-state index in [1.165, 1.54) is 19.1 Å². The Kier molecular flexibility index (Phi) is 6.40. The lowest BCUT2D eigenvalue weighted by Gasteiger charge is -2.25. The molecule has 172 valence electrons. The average molecular weight is 512 g/mol. The molecule has 0 unspecified atom stereocenters. The van der Waals surface area contributed by atoms with Gasteiger partial charge in [0.25, 0.3) is 31.4 Å². The van der Waals surface area contributed by atoms with Gasteiger partial charge in [0.15, 0.2) is 0 Å². The van der Waals surface area contributed by atoms with Crippen molar-refractivity contribution in [3.8, 4) is 0 Å². The zero-order valence-electron chi connectivity index (χ0n) is 16.7. The van der Waals surface area contributed by atoms with Crippen LogP contribution in [-0.2, 0) is 20.0 Å². The first-order valence-corrected chi connectivity index (χ1v) is 12.2. The van der Waals surface area contributed by atoms with Crippen LogP contribution in [-0.4, -0.2) is 26.7 Å². The summed E-state index contributed by atoms with van der Waals surface area (Å²) in [6, 6.07) is 11.3. The van der Waals surface area contributed by atoms with Gasteiger partial charge in [-0.3, -0.25) is 20.2 Å². The fraction of sp³-hybridized carbons (Fsp3) is 0.0526. The summed E-state index contributed by atoms with van der Waals surface area (Å²) in [6.45, 7) is 1.47. The van der Waals surface area contributed by atoms with Crippen LogP contribution in [0.15, 0.2) is 76.5 Å². The Morgan fingerprint density at radius 2 is 1.12 bits per heavy atom. The highest BCUT2D eigenvalue weighted by Crippen LogP contribution is 2.35. The van der Waals surface area contributed by atoms with Gasteiger partial charge in [-0.2, -0.15) is 3.71 Å². The van der Waals surface area contributed by atoms with E-state index in [1.807, 2.05) is 0 Å². The minimum Gasteiger partial charge on any atom is -0.258 e. The van der Waals surface area contributed by atoms with Crippen LogP contribution in [0, 0.1) is 27.2 Å². The van der Waals surface area contributed by atoms with E-state index in [1.54, 1.807) is 0 Å². The highest BCUT2D eigenvalue weighted by molar-refractivity contribution is 8.10. The van der Waals surface area contributed by atoms with Crippen molar-refractivity contribution in [3.63, 3.8) is 0 Å². The van der Waals surface area contributed by atoms with Gasteiger partial charge >= 0.3 is 0 Å². The maximum atomic E-state index is 13.5. The monoisotopic (exact) mass is 511 g/mol. The first-order chi connectivity index (χ1) is 15.4. The average Bonchev–Trinajstić information content (AvgIpc) is 2.76. The first-order valence-electron chi connectivity index (χ1n) is 8.91. The van der Waals surface area contributed by atoms with Gasteiger partial charge in [0.2, 0.25) is 0 Å². The third-order valence-electron chi connectivity index (χ3n) is 4.50. The molecule has 0 heterocycles. The Morgan fingerprint density at radius 3 is 1.48 bits per heavy atom. The van der Waals surface area contributed by atoms with Gasteiger partial charge in [0.1, 0.15) is 0 Å². The molecule has 3 aromatic carbocycles. The maximum Gasteiger partial charge on any atom is 0.277 e. The third-order valence-corrected chi connectivity index (χ3v) is 8.91. The summed E-state index contributed by atoms with van der Waals surface area (Å²) in [4.78, 5) is 19.3. The van der Waals surface area contributed by atoms with Crippen LogP contribution in [0.3, 0.4) is 0 Å². The highest BCUT2D eigenvalue weighted by Gasteiger charge is 2.38.